The molecule has 138 valence electrons. The molecule has 0 bridgehead atoms. The number of hydrogen-bond donors (Lipinski definition) is 1. The highest BCUT2D eigenvalue weighted by atomic mass is 32.2. The third-order valence-electron chi connectivity index (χ3n) is 4.41. The smallest absolute Gasteiger partial charge is 0.337 e. The van der Waals surface area contributed by atoms with Crippen LogP contribution in [0.5, 0.6) is 0 Å². The summed E-state index contributed by atoms with van der Waals surface area (Å²) in [6, 6.07) is 10.7. The van der Waals surface area contributed by atoms with E-state index in [-0.39, 0.29) is 5.91 Å². The zero-order valence-corrected chi connectivity index (χ0v) is 16.4. The fourth-order valence-electron chi connectivity index (χ4n) is 3.14. The summed E-state index contributed by atoms with van der Waals surface area (Å²) in [7, 11) is 1.34. The molecule has 5 nitrogen and oxygen atoms in total. The lowest BCUT2D eigenvalue weighted by molar-refractivity contribution is 0.0600. The third kappa shape index (κ3) is 3.52. The van der Waals surface area contributed by atoms with Crippen molar-refractivity contribution in [1.82, 2.24) is 4.57 Å². The summed E-state index contributed by atoms with van der Waals surface area (Å²) >= 11 is 3.58. The number of thiophene rings is 1. The maximum Gasteiger partial charge on any atom is 0.337 e. The molecule has 0 spiro atoms. The molecular weight excluding hydrogens is 380 g/mol. The van der Waals surface area contributed by atoms with Crippen LogP contribution >= 0.6 is 23.1 Å². The first-order valence-corrected chi connectivity index (χ1v) is 10.5. The van der Waals surface area contributed by atoms with Gasteiger partial charge < -0.3 is 14.6 Å². The van der Waals surface area contributed by atoms with E-state index in [9.17, 15) is 9.59 Å². The van der Waals surface area contributed by atoms with Crippen LogP contribution in [0.4, 0.5) is 5.69 Å². The number of ether oxygens (including phenoxy) is 1. The van der Waals surface area contributed by atoms with Gasteiger partial charge in [-0.2, -0.15) is 11.8 Å². The van der Waals surface area contributed by atoms with E-state index in [2.05, 4.69) is 5.32 Å². The van der Waals surface area contributed by atoms with Crippen LogP contribution in [0.1, 0.15) is 31.2 Å². The first-order chi connectivity index (χ1) is 13.2. The summed E-state index contributed by atoms with van der Waals surface area (Å²) in [5.41, 5.74) is 2.86. The number of carbonyl (C=O) groups is 2. The van der Waals surface area contributed by atoms with E-state index in [1.807, 2.05) is 40.9 Å². The first kappa shape index (κ1) is 17.9. The van der Waals surface area contributed by atoms with Gasteiger partial charge in [-0.25, -0.2) is 4.79 Å². The topological polar surface area (TPSA) is 60.3 Å². The van der Waals surface area contributed by atoms with Gasteiger partial charge in [0.1, 0.15) is 5.00 Å². The van der Waals surface area contributed by atoms with Crippen molar-refractivity contribution in [3.63, 3.8) is 0 Å². The number of carbonyl (C=O) groups excluding carboxylic acids is 2. The Bertz CT molecular complexity index is 993. The Hall–Kier alpha value is -2.51. The lowest BCUT2D eigenvalue weighted by Crippen LogP contribution is -2.17. The van der Waals surface area contributed by atoms with Gasteiger partial charge in [0.15, 0.2) is 0 Å². The van der Waals surface area contributed by atoms with Crippen LogP contribution < -0.4 is 5.32 Å². The zero-order chi connectivity index (χ0) is 18.8. The molecule has 1 aliphatic heterocycles. The van der Waals surface area contributed by atoms with E-state index in [4.69, 9.17) is 4.74 Å². The standard InChI is InChI=1S/C20H18N2O3S2/c1-25-20(24)13-5-4-6-14(11-13)21-18(23)17-15-7-10-26-12-16(15)27-19(17)22-8-2-3-9-22/h2-6,8-9,11H,7,10,12H2,1H3,(H,21,23). The number of benzene rings is 1. The van der Waals surface area contributed by atoms with Crippen LogP contribution in [-0.4, -0.2) is 29.3 Å². The molecule has 3 heterocycles. The van der Waals surface area contributed by atoms with E-state index < -0.39 is 5.97 Å². The SMILES string of the molecule is COC(=O)c1cccc(NC(=O)c2c(-n3cccc3)sc3c2CCSC3)c1. The van der Waals surface area contributed by atoms with Crippen molar-refractivity contribution in [2.24, 2.45) is 0 Å². The molecule has 0 aliphatic carbocycles. The van der Waals surface area contributed by atoms with Crippen LogP contribution in [0.15, 0.2) is 48.8 Å². The highest BCUT2D eigenvalue weighted by molar-refractivity contribution is 7.98. The number of fused-ring (bicyclic) bond motifs is 1. The minimum absolute atomic E-state index is 0.148. The Morgan fingerprint density at radius 2 is 2.00 bits per heavy atom. The summed E-state index contributed by atoms with van der Waals surface area (Å²) in [5, 5.41) is 3.89. The molecule has 4 rings (SSSR count). The van der Waals surface area contributed by atoms with E-state index in [1.165, 1.54) is 12.0 Å². The van der Waals surface area contributed by atoms with Crippen molar-refractivity contribution >= 4 is 40.7 Å². The van der Waals surface area contributed by atoms with Crippen molar-refractivity contribution in [2.45, 2.75) is 12.2 Å². The summed E-state index contributed by atoms with van der Waals surface area (Å²) in [6.45, 7) is 0. The number of hydrogen-bond acceptors (Lipinski definition) is 5. The Kier molecular flexibility index (Phi) is 5.05. The van der Waals surface area contributed by atoms with Crippen LogP contribution in [0.3, 0.4) is 0 Å². The van der Waals surface area contributed by atoms with Crippen LogP contribution in [0.25, 0.3) is 5.00 Å². The molecule has 2 aromatic heterocycles. The van der Waals surface area contributed by atoms with Gasteiger partial charge in [0.05, 0.1) is 18.2 Å². The number of methoxy groups -OCH3 is 1. The lowest BCUT2D eigenvalue weighted by atomic mass is 10.1. The molecule has 0 unspecified atom stereocenters. The number of thioether (sulfide) groups is 1. The normalized spacial score (nSPS) is 13.1. The number of esters is 1. The summed E-state index contributed by atoms with van der Waals surface area (Å²) < 4.78 is 6.75. The van der Waals surface area contributed by atoms with E-state index >= 15 is 0 Å². The Balaban J connectivity index is 1.70. The van der Waals surface area contributed by atoms with Crippen LogP contribution in [0, 0.1) is 0 Å². The van der Waals surface area contributed by atoms with Gasteiger partial charge in [-0.15, -0.1) is 11.3 Å². The van der Waals surface area contributed by atoms with Gasteiger partial charge in [-0.05, 0) is 48.1 Å². The largest absolute Gasteiger partial charge is 0.465 e. The first-order valence-electron chi connectivity index (χ1n) is 8.52. The molecule has 0 saturated carbocycles. The zero-order valence-electron chi connectivity index (χ0n) is 14.7. The van der Waals surface area contributed by atoms with Gasteiger partial charge in [-0.3, -0.25) is 4.79 Å². The molecule has 0 saturated heterocycles. The predicted octanol–water partition coefficient (Wildman–Crippen LogP) is 4.37. The minimum atomic E-state index is -0.427. The van der Waals surface area contributed by atoms with Gasteiger partial charge in [0.25, 0.3) is 5.91 Å². The predicted molar refractivity (Wildman–Crippen MR) is 109 cm³/mol. The summed E-state index contributed by atoms with van der Waals surface area (Å²) in [5.74, 6) is 1.39. The molecular formula is C20H18N2O3S2. The van der Waals surface area contributed by atoms with Crippen molar-refractivity contribution < 1.29 is 14.3 Å². The van der Waals surface area contributed by atoms with Gasteiger partial charge in [0.2, 0.25) is 0 Å². The molecule has 0 atom stereocenters. The van der Waals surface area contributed by atoms with Crippen molar-refractivity contribution in [2.75, 3.05) is 18.2 Å². The van der Waals surface area contributed by atoms with E-state index in [0.29, 0.717) is 11.3 Å². The fourth-order valence-corrected chi connectivity index (χ4v) is 5.58. The molecule has 1 amide bonds. The Labute approximate surface area is 165 Å². The van der Waals surface area contributed by atoms with Crippen molar-refractivity contribution in [1.29, 1.82) is 0 Å². The van der Waals surface area contributed by atoms with Crippen LogP contribution in [0.2, 0.25) is 0 Å². The quantitative estimate of drug-likeness (QED) is 0.663. The number of nitrogens with zero attached hydrogens (tertiary/aromatic N) is 1. The van der Waals surface area contributed by atoms with E-state index in [0.717, 1.165) is 34.1 Å². The maximum absolute atomic E-state index is 13.2. The molecule has 27 heavy (non-hydrogen) atoms. The summed E-state index contributed by atoms with van der Waals surface area (Å²) in [6.07, 6.45) is 4.81. The molecule has 1 aromatic carbocycles. The minimum Gasteiger partial charge on any atom is -0.465 e. The van der Waals surface area contributed by atoms with Crippen molar-refractivity contribution in [3.05, 3.63) is 70.4 Å². The number of rotatable bonds is 4. The Morgan fingerprint density at radius 3 is 2.78 bits per heavy atom. The molecule has 1 N–H and O–H groups in total. The average molecular weight is 399 g/mol. The highest BCUT2D eigenvalue weighted by Gasteiger charge is 2.26. The van der Waals surface area contributed by atoms with Gasteiger partial charge >= 0.3 is 5.97 Å². The van der Waals surface area contributed by atoms with Gasteiger partial charge in [-0.1, -0.05) is 6.07 Å². The lowest BCUT2D eigenvalue weighted by Gasteiger charge is -2.13. The monoisotopic (exact) mass is 398 g/mol. The molecule has 0 fully saturated rings. The fraction of sp³-hybridized carbons (Fsp3) is 0.200. The highest BCUT2D eigenvalue weighted by Crippen LogP contribution is 2.38. The molecule has 1 aliphatic rings. The average Bonchev–Trinajstić information content (AvgIpc) is 3.34. The third-order valence-corrected chi connectivity index (χ3v) is 6.82. The second kappa shape index (κ2) is 7.62. The second-order valence-corrected chi connectivity index (χ2v) is 8.29. The molecule has 0 radical (unpaired) electrons. The van der Waals surface area contributed by atoms with Crippen molar-refractivity contribution in [3.8, 4) is 5.00 Å². The molecule has 3 aromatic rings. The maximum atomic E-state index is 13.2. The number of nitrogens with one attached hydrogen (secondary N) is 1. The van der Waals surface area contributed by atoms with Gasteiger partial charge in [0, 0.05) is 28.7 Å². The summed E-state index contributed by atoms with van der Waals surface area (Å²) in [4.78, 5) is 26.2. The number of anilines is 1. The second-order valence-electron chi connectivity index (χ2n) is 6.10. The Morgan fingerprint density at radius 1 is 1.19 bits per heavy atom. The molecule has 7 heteroatoms. The van der Waals surface area contributed by atoms with Crippen LogP contribution in [-0.2, 0) is 16.9 Å². The van der Waals surface area contributed by atoms with E-state index in [1.54, 1.807) is 35.6 Å². The number of amides is 1. The number of aromatic nitrogens is 1.